The van der Waals surface area contributed by atoms with Gasteiger partial charge < -0.3 is 9.52 Å². The third kappa shape index (κ3) is 3.95. The van der Waals surface area contributed by atoms with Gasteiger partial charge in [-0.25, -0.2) is 4.79 Å². The van der Waals surface area contributed by atoms with Gasteiger partial charge in [0.1, 0.15) is 11.3 Å². The van der Waals surface area contributed by atoms with E-state index in [0.717, 1.165) is 24.0 Å². The van der Waals surface area contributed by atoms with E-state index in [2.05, 4.69) is 12.1 Å². The van der Waals surface area contributed by atoms with Crippen LogP contribution in [0.2, 0.25) is 0 Å². The summed E-state index contributed by atoms with van der Waals surface area (Å²) in [6.45, 7) is 2.01. The van der Waals surface area contributed by atoms with Gasteiger partial charge in [-0.3, -0.25) is 0 Å². The Kier molecular flexibility index (Phi) is 5.48. The van der Waals surface area contributed by atoms with E-state index in [1.54, 1.807) is 6.07 Å². The maximum Gasteiger partial charge on any atom is 0.343 e. The molecule has 0 saturated heterocycles. The van der Waals surface area contributed by atoms with Crippen LogP contribution < -0.4 is 5.63 Å². The zero-order valence-corrected chi connectivity index (χ0v) is 16.5. The Morgan fingerprint density at radius 1 is 0.862 bits per heavy atom. The molecule has 3 heteroatoms. The molecule has 1 aromatic heterocycles. The van der Waals surface area contributed by atoms with Gasteiger partial charge in [0.05, 0.1) is 10.9 Å². The van der Waals surface area contributed by atoms with Gasteiger partial charge in [-0.05, 0) is 48.1 Å². The third-order valence-electron chi connectivity index (χ3n) is 5.48. The number of aryl methyl sites for hydroxylation is 2. The predicted octanol–water partition coefficient (Wildman–Crippen LogP) is 5.83. The van der Waals surface area contributed by atoms with Crippen molar-refractivity contribution in [3.8, 4) is 5.75 Å². The Hall–Kier alpha value is -3.33. The van der Waals surface area contributed by atoms with Gasteiger partial charge in [0.2, 0.25) is 0 Å². The minimum Gasteiger partial charge on any atom is -0.507 e. The number of hydrogen-bond donors (Lipinski definition) is 1. The van der Waals surface area contributed by atoms with Gasteiger partial charge in [-0.2, -0.15) is 0 Å². The average Bonchev–Trinajstić information content (AvgIpc) is 2.76. The second kappa shape index (κ2) is 8.36. The Labute approximate surface area is 170 Å². The summed E-state index contributed by atoms with van der Waals surface area (Å²) in [5.41, 5.74) is 3.66. The molecule has 1 N–H and O–H groups in total. The van der Waals surface area contributed by atoms with Crippen LogP contribution in [0.1, 0.15) is 41.5 Å². The van der Waals surface area contributed by atoms with E-state index in [0.29, 0.717) is 23.0 Å². The Bertz CT molecular complexity index is 1160. The van der Waals surface area contributed by atoms with Crippen molar-refractivity contribution in [1.29, 1.82) is 0 Å². The molecule has 0 spiro atoms. The van der Waals surface area contributed by atoms with E-state index >= 15 is 0 Å². The molecule has 4 rings (SSSR count). The number of rotatable bonds is 6. The Morgan fingerprint density at radius 2 is 1.52 bits per heavy atom. The van der Waals surface area contributed by atoms with Gasteiger partial charge >= 0.3 is 5.63 Å². The highest BCUT2D eigenvalue weighted by Crippen LogP contribution is 2.36. The van der Waals surface area contributed by atoms with Crippen LogP contribution in [0.4, 0.5) is 0 Å². The summed E-state index contributed by atoms with van der Waals surface area (Å²) >= 11 is 0. The molecule has 146 valence electrons. The van der Waals surface area contributed by atoms with E-state index in [-0.39, 0.29) is 11.7 Å². The van der Waals surface area contributed by atoms with Crippen LogP contribution in [0.5, 0.6) is 5.75 Å². The van der Waals surface area contributed by atoms with Crippen molar-refractivity contribution in [3.05, 3.63) is 112 Å². The smallest absolute Gasteiger partial charge is 0.343 e. The molecular formula is C26H24O3. The van der Waals surface area contributed by atoms with Crippen molar-refractivity contribution >= 4 is 11.0 Å². The van der Waals surface area contributed by atoms with E-state index in [9.17, 15) is 9.90 Å². The lowest BCUT2D eigenvalue weighted by Crippen LogP contribution is -2.14. The first kappa shape index (κ1) is 19.0. The number of fused-ring (bicyclic) bond motifs is 1. The number of aromatic hydroxyl groups is 1. The standard InChI is InChI=1S/C26H24O3/c1-2-21(20-11-7-4-8-12-20)24-25(27)22-17-19(15-16-23(22)29-26(24)28)14-13-18-9-5-3-6-10-18/h3-12,15-17,21,27H,2,13-14H2,1H3. The van der Waals surface area contributed by atoms with Gasteiger partial charge in [0, 0.05) is 5.92 Å². The quantitative estimate of drug-likeness (QED) is 0.426. The van der Waals surface area contributed by atoms with Crippen LogP contribution in [0.15, 0.2) is 88.1 Å². The summed E-state index contributed by atoms with van der Waals surface area (Å²) in [5.74, 6) is -0.168. The highest BCUT2D eigenvalue weighted by molar-refractivity contribution is 5.85. The number of benzene rings is 3. The van der Waals surface area contributed by atoms with Crippen LogP contribution in [-0.4, -0.2) is 5.11 Å². The van der Waals surface area contributed by atoms with Gasteiger partial charge in [-0.1, -0.05) is 73.7 Å². The predicted molar refractivity (Wildman–Crippen MR) is 117 cm³/mol. The van der Waals surface area contributed by atoms with Gasteiger partial charge in [-0.15, -0.1) is 0 Å². The summed E-state index contributed by atoms with van der Waals surface area (Å²) in [6, 6.07) is 25.8. The monoisotopic (exact) mass is 384 g/mol. The van der Waals surface area contributed by atoms with E-state index in [4.69, 9.17) is 4.42 Å². The van der Waals surface area contributed by atoms with Crippen molar-refractivity contribution in [3.63, 3.8) is 0 Å². The second-order valence-corrected chi connectivity index (χ2v) is 7.34. The molecule has 0 amide bonds. The fourth-order valence-electron chi connectivity index (χ4n) is 3.94. The lowest BCUT2D eigenvalue weighted by Gasteiger charge is -2.17. The molecule has 0 aliphatic rings. The fourth-order valence-corrected chi connectivity index (χ4v) is 3.94. The molecule has 3 aromatic carbocycles. The molecular weight excluding hydrogens is 360 g/mol. The number of hydrogen-bond acceptors (Lipinski definition) is 3. The molecule has 29 heavy (non-hydrogen) atoms. The zero-order chi connectivity index (χ0) is 20.2. The first-order valence-electron chi connectivity index (χ1n) is 10.0. The van der Waals surface area contributed by atoms with E-state index in [1.165, 1.54) is 5.56 Å². The van der Waals surface area contributed by atoms with Crippen molar-refractivity contribution < 1.29 is 9.52 Å². The van der Waals surface area contributed by atoms with Crippen LogP contribution in [0.25, 0.3) is 11.0 Å². The average molecular weight is 384 g/mol. The summed E-state index contributed by atoms with van der Waals surface area (Å²) in [7, 11) is 0. The van der Waals surface area contributed by atoms with Gasteiger partial charge in [0.15, 0.2) is 0 Å². The summed E-state index contributed by atoms with van der Waals surface area (Å²) < 4.78 is 5.58. The topological polar surface area (TPSA) is 50.4 Å². The second-order valence-electron chi connectivity index (χ2n) is 7.34. The first-order chi connectivity index (χ1) is 14.2. The molecule has 0 aliphatic carbocycles. The molecule has 0 bridgehead atoms. The van der Waals surface area contributed by atoms with Crippen LogP contribution in [0.3, 0.4) is 0 Å². The summed E-state index contributed by atoms with van der Waals surface area (Å²) in [4.78, 5) is 12.7. The van der Waals surface area contributed by atoms with Crippen LogP contribution in [-0.2, 0) is 12.8 Å². The molecule has 4 aromatic rings. The maximum atomic E-state index is 12.7. The van der Waals surface area contributed by atoms with Crippen molar-refractivity contribution in [2.75, 3.05) is 0 Å². The highest BCUT2D eigenvalue weighted by atomic mass is 16.4. The molecule has 3 nitrogen and oxygen atoms in total. The molecule has 0 aliphatic heterocycles. The van der Waals surface area contributed by atoms with Crippen molar-refractivity contribution in [2.24, 2.45) is 0 Å². The lowest BCUT2D eigenvalue weighted by atomic mass is 9.88. The van der Waals surface area contributed by atoms with Gasteiger partial charge in [0.25, 0.3) is 0 Å². The minimum atomic E-state index is -0.470. The molecule has 1 unspecified atom stereocenters. The zero-order valence-electron chi connectivity index (χ0n) is 16.5. The molecule has 1 atom stereocenters. The highest BCUT2D eigenvalue weighted by Gasteiger charge is 2.23. The first-order valence-corrected chi connectivity index (χ1v) is 10.0. The van der Waals surface area contributed by atoms with Crippen LogP contribution in [0, 0.1) is 0 Å². The molecule has 1 heterocycles. The Morgan fingerprint density at radius 3 is 2.21 bits per heavy atom. The Balaban J connectivity index is 1.73. The van der Waals surface area contributed by atoms with E-state index in [1.807, 2.05) is 67.6 Å². The lowest BCUT2D eigenvalue weighted by molar-refractivity contribution is 0.450. The third-order valence-corrected chi connectivity index (χ3v) is 5.48. The molecule has 0 fully saturated rings. The largest absolute Gasteiger partial charge is 0.507 e. The fraction of sp³-hybridized carbons (Fsp3) is 0.192. The summed E-state index contributed by atoms with van der Waals surface area (Å²) in [6.07, 6.45) is 2.46. The summed E-state index contributed by atoms with van der Waals surface area (Å²) in [5, 5.41) is 11.6. The molecule has 0 radical (unpaired) electrons. The normalized spacial score (nSPS) is 12.2. The van der Waals surface area contributed by atoms with Crippen molar-refractivity contribution in [2.45, 2.75) is 32.1 Å². The van der Waals surface area contributed by atoms with E-state index < -0.39 is 5.63 Å². The molecule has 0 saturated carbocycles. The SMILES string of the molecule is CCC(c1ccccc1)c1c(O)c2cc(CCc3ccccc3)ccc2oc1=O. The van der Waals surface area contributed by atoms with Crippen LogP contribution >= 0.6 is 0 Å². The van der Waals surface area contributed by atoms with Crippen molar-refractivity contribution in [1.82, 2.24) is 0 Å². The maximum absolute atomic E-state index is 12.7. The minimum absolute atomic E-state index is 0.0357.